The number of halogens is 3. The molecule has 0 saturated carbocycles. The van der Waals surface area contributed by atoms with Gasteiger partial charge in [-0.1, -0.05) is 16.8 Å². The van der Waals surface area contributed by atoms with Gasteiger partial charge >= 0.3 is 0 Å². The molecule has 0 unspecified atom stereocenters. The van der Waals surface area contributed by atoms with Gasteiger partial charge in [-0.3, -0.25) is 19.3 Å². The summed E-state index contributed by atoms with van der Waals surface area (Å²) in [6, 6.07) is 5.53. The quantitative estimate of drug-likeness (QED) is 0.304. The lowest BCUT2D eigenvalue weighted by Crippen LogP contribution is -2.23. The Balaban J connectivity index is 1.72. The van der Waals surface area contributed by atoms with Crippen LogP contribution in [0.5, 0.6) is 5.75 Å². The lowest BCUT2D eigenvalue weighted by molar-refractivity contribution is 0.292. The molecule has 0 atom stereocenters. The topological polar surface area (TPSA) is 112 Å². The van der Waals surface area contributed by atoms with Crippen LogP contribution >= 0.6 is 11.6 Å². The van der Waals surface area contributed by atoms with Crippen molar-refractivity contribution in [1.29, 1.82) is 0 Å². The van der Waals surface area contributed by atoms with Gasteiger partial charge in [-0.15, -0.1) is 4.91 Å². The molecule has 4 aromatic rings. The number of hydrogen-bond acceptors (Lipinski definition) is 8. The van der Waals surface area contributed by atoms with Gasteiger partial charge in [-0.05, 0) is 45.4 Å². The average Bonchev–Trinajstić information content (AvgIpc) is 2.87. The van der Waals surface area contributed by atoms with Crippen LogP contribution in [0.15, 0.2) is 52.8 Å². The molecule has 0 aliphatic carbocycles. The van der Waals surface area contributed by atoms with E-state index < -0.39 is 22.7 Å². The maximum absolute atomic E-state index is 13.9. The molecule has 4 aromatic heterocycles. The van der Waals surface area contributed by atoms with Gasteiger partial charge in [0.2, 0.25) is 0 Å². The van der Waals surface area contributed by atoms with Crippen molar-refractivity contribution in [2.75, 3.05) is 0 Å². The molecule has 0 saturated heterocycles. The highest BCUT2D eigenvalue weighted by molar-refractivity contribution is 6.31. The number of pyridine rings is 3. The fourth-order valence-electron chi connectivity index (χ4n) is 3.51. The van der Waals surface area contributed by atoms with Gasteiger partial charge in [-0.25, -0.2) is 18.7 Å². The van der Waals surface area contributed by atoms with Crippen LogP contribution in [0, 0.1) is 30.4 Å². The van der Waals surface area contributed by atoms with Gasteiger partial charge in [0.05, 0.1) is 23.3 Å². The molecular formula is C25H21ClF2N6O3. The monoisotopic (exact) mass is 526 g/mol. The molecule has 0 bridgehead atoms. The molecule has 4 heterocycles. The molecular weight excluding hydrogens is 506 g/mol. The van der Waals surface area contributed by atoms with Crippen molar-refractivity contribution in [2.45, 2.75) is 39.8 Å². The maximum Gasteiger partial charge on any atom is 0.277 e. The molecule has 0 amide bonds. The first kappa shape index (κ1) is 26.0. The predicted octanol–water partition coefficient (Wildman–Crippen LogP) is 5.21. The third kappa shape index (κ3) is 5.21. The smallest absolute Gasteiger partial charge is 0.277 e. The van der Waals surface area contributed by atoms with Crippen LogP contribution in [0.4, 0.5) is 8.78 Å². The standard InChI is InChI=1S/C25H21ClF2N6O3/c1-13-10-30-18(17-5-6-29-24(32-17)25(3,4)33-36)9-20(13)34-14(2)7-21(22(26)23(34)35)37-12-19-16(28)8-15(27)11-31-19/h5-11H,12H2,1-4H3. The Bertz CT molecular complexity index is 1580. The Morgan fingerprint density at radius 1 is 1.08 bits per heavy atom. The summed E-state index contributed by atoms with van der Waals surface area (Å²) in [6.07, 6.45) is 3.96. The van der Waals surface area contributed by atoms with E-state index in [2.05, 4.69) is 25.1 Å². The van der Waals surface area contributed by atoms with E-state index in [4.69, 9.17) is 16.3 Å². The van der Waals surface area contributed by atoms with Crippen LogP contribution in [0.25, 0.3) is 17.1 Å². The fourth-order valence-corrected chi connectivity index (χ4v) is 3.71. The third-order valence-electron chi connectivity index (χ3n) is 5.56. The molecule has 0 aliphatic heterocycles. The van der Waals surface area contributed by atoms with Crippen molar-refractivity contribution in [3.05, 3.63) is 97.5 Å². The van der Waals surface area contributed by atoms with Crippen molar-refractivity contribution in [3.63, 3.8) is 0 Å². The highest BCUT2D eigenvalue weighted by Gasteiger charge is 2.25. The lowest BCUT2D eigenvalue weighted by atomic mass is 10.1. The van der Waals surface area contributed by atoms with Gasteiger partial charge in [-0.2, -0.15) is 0 Å². The molecule has 0 radical (unpaired) electrons. The minimum absolute atomic E-state index is 0.0295. The number of ether oxygens (including phenoxy) is 1. The Labute approximate surface area is 215 Å². The Kier molecular flexibility index (Phi) is 7.08. The van der Waals surface area contributed by atoms with Gasteiger partial charge in [0.1, 0.15) is 28.9 Å². The summed E-state index contributed by atoms with van der Waals surface area (Å²) in [5, 5.41) is 2.85. The molecule has 37 heavy (non-hydrogen) atoms. The molecule has 0 fully saturated rings. The summed E-state index contributed by atoms with van der Waals surface area (Å²) >= 11 is 6.34. The Hall–Kier alpha value is -4.12. The Morgan fingerprint density at radius 2 is 1.84 bits per heavy atom. The highest BCUT2D eigenvalue weighted by Crippen LogP contribution is 2.28. The summed E-state index contributed by atoms with van der Waals surface area (Å²) < 4.78 is 34.0. The number of nitroso groups, excluding NO2 is 1. The number of aromatic nitrogens is 5. The zero-order valence-corrected chi connectivity index (χ0v) is 21.0. The first-order valence-electron chi connectivity index (χ1n) is 11.0. The summed E-state index contributed by atoms with van der Waals surface area (Å²) in [5.41, 5.74) is 0.699. The first-order valence-corrected chi connectivity index (χ1v) is 11.4. The van der Waals surface area contributed by atoms with E-state index in [9.17, 15) is 18.5 Å². The van der Waals surface area contributed by atoms with Crippen molar-refractivity contribution < 1.29 is 13.5 Å². The number of aryl methyl sites for hydroxylation is 2. The van der Waals surface area contributed by atoms with Crippen LogP contribution in [0.1, 0.15) is 36.6 Å². The lowest BCUT2D eigenvalue weighted by Gasteiger charge is -2.17. The van der Waals surface area contributed by atoms with Crippen LogP contribution < -0.4 is 10.3 Å². The molecule has 0 N–H and O–H groups in total. The summed E-state index contributed by atoms with van der Waals surface area (Å²) in [5.74, 6) is -1.43. The minimum atomic E-state index is -1.13. The largest absolute Gasteiger partial charge is 0.485 e. The zero-order chi connectivity index (χ0) is 26.9. The molecule has 4 rings (SSSR count). The molecule has 190 valence electrons. The van der Waals surface area contributed by atoms with Crippen LogP contribution in [0.3, 0.4) is 0 Å². The van der Waals surface area contributed by atoms with E-state index in [0.29, 0.717) is 34.4 Å². The maximum atomic E-state index is 13.9. The average molecular weight is 527 g/mol. The second-order valence-electron chi connectivity index (χ2n) is 8.75. The SMILES string of the molecule is Cc1cnc(-c2ccnc(C(C)(C)N=O)n2)cc1-n1c(C)cc(OCc2ncc(F)cc2F)c(Cl)c1=O. The fraction of sp³-hybridized carbons (Fsp3) is 0.240. The molecule has 12 heteroatoms. The second kappa shape index (κ2) is 10.1. The number of nitrogens with zero attached hydrogens (tertiary/aromatic N) is 6. The molecule has 0 spiro atoms. The van der Waals surface area contributed by atoms with E-state index in [0.717, 1.165) is 6.20 Å². The third-order valence-corrected chi connectivity index (χ3v) is 5.91. The second-order valence-corrected chi connectivity index (χ2v) is 9.13. The van der Waals surface area contributed by atoms with Crippen molar-refractivity contribution in [2.24, 2.45) is 5.18 Å². The number of rotatable bonds is 7. The summed E-state index contributed by atoms with van der Waals surface area (Å²) in [4.78, 5) is 41.1. The van der Waals surface area contributed by atoms with E-state index in [1.165, 1.54) is 16.8 Å². The van der Waals surface area contributed by atoms with Crippen molar-refractivity contribution in [3.8, 4) is 22.8 Å². The van der Waals surface area contributed by atoms with Crippen molar-refractivity contribution in [1.82, 2.24) is 24.5 Å². The molecule has 0 aliphatic rings. The summed E-state index contributed by atoms with van der Waals surface area (Å²) in [6.45, 7) is 6.31. The Morgan fingerprint density at radius 3 is 2.54 bits per heavy atom. The van der Waals surface area contributed by atoms with Crippen molar-refractivity contribution >= 4 is 11.6 Å². The number of hydrogen-bond donors (Lipinski definition) is 0. The van der Waals surface area contributed by atoms with Crippen LogP contribution in [-0.2, 0) is 12.1 Å². The van der Waals surface area contributed by atoms with E-state index in [1.807, 2.05) is 0 Å². The minimum Gasteiger partial charge on any atom is -0.485 e. The summed E-state index contributed by atoms with van der Waals surface area (Å²) in [7, 11) is 0. The molecule has 9 nitrogen and oxygen atoms in total. The van der Waals surface area contributed by atoms with E-state index in [1.54, 1.807) is 46.0 Å². The first-order chi connectivity index (χ1) is 17.5. The van der Waals surface area contributed by atoms with Gasteiger partial charge in [0.15, 0.2) is 17.2 Å². The predicted molar refractivity (Wildman–Crippen MR) is 133 cm³/mol. The van der Waals surface area contributed by atoms with E-state index in [-0.39, 0.29) is 28.9 Å². The van der Waals surface area contributed by atoms with Gasteiger partial charge < -0.3 is 4.74 Å². The molecule has 0 aromatic carbocycles. The highest BCUT2D eigenvalue weighted by atomic mass is 35.5. The van der Waals surface area contributed by atoms with Crippen LogP contribution in [-0.4, -0.2) is 24.5 Å². The van der Waals surface area contributed by atoms with Gasteiger partial charge in [0.25, 0.3) is 5.56 Å². The zero-order valence-electron chi connectivity index (χ0n) is 20.3. The normalized spacial score (nSPS) is 11.4. The van der Waals surface area contributed by atoms with Crippen LogP contribution in [0.2, 0.25) is 5.02 Å². The van der Waals surface area contributed by atoms with Gasteiger partial charge in [0, 0.05) is 30.2 Å². The van der Waals surface area contributed by atoms with E-state index >= 15 is 0 Å².